The summed E-state index contributed by atoms with van der Waals surface area (Å²) in [7, 11) is 0. The molecule has 0 spiro atoms. The molecule has 110 valence electrons. The minimum Gasteiger partial charge on any atom is -0.355 e. The predicted molar refractivity (Wildman–Crippen MR) is 85.7 cm³/mol. The van der Waals surface area contributed by atoms with Gasteiger partial charge in [0, 0.05) is 25.1 Å². The van der Waals surface area contributed by atoms with Gasteiger partial charge in [-0.25, -0.2) is 4.98 Å². The highest BCUT2D eigenvalue weighted by Crippen LogP contribution is 2.27. The van der Waals surface area contributed by atoms with Gasteiger partial charge in [0.05, 0.1) is 11.4 Å². The topological polar surface area (TPSA) is 46.4 Å². The minimum absolute atomic E-state index is 0.146. The number of nitrogens with one attached hydrogen (secondary N) is 1. The number of amides is 1. The number of benzene rings is 1. The molecule has 4 nitrogen and oxygen atoms in total. The second kappa shape index (κ2) is 4.98. The summed E-state index contributed by atoms with van der Waals surface area (Å²) in [5.41, 5.74) is 5.48. The lowest BCUT2D eigenvalue weighted by atomic mass is 9.96. The van der Waals surface area contributed by atoms with Crippen LogP contribution >= 0.6 is 0 Å². The van der Waals surface area contributed by atoms with E-state index in [0.717, 1.165) is 29.1 Å². The highest BCUT2D eigenvalue weighted by molar-refractivity contribution is 5.79. The lowest BCUT2D eigenvalue weighted by Gasteiger charge is -2.10. The molecule has 22 heavy (non-hydrogen) atoms. The summed E-state index contributed by atoms with van der Waals surface area (Å²) >= 11 is 0. The summed E-state index contributed by atoms with van der Waals surface area (Å²) in [5.74, 6) is 0.445. The van der Waals surface area contributed by atoms with E-state index in [1.54, 1.807) is 0 Å². The fourth-order valence-electron chi connectivity index (χ4n) is 3.13. The van der Waals surface area contributed by atoms with Gasteiger partial charge >= 0.3 is 0 Å². The molecule has 1 aliphatic heterocycles. The monoisotopic (exact) mass is 291 g/mol. The number of hydrogen-bond acceptors (Lipinski definition) is 2. The molecular formula is C18H17N3O. The standard InChI is InChI=1S/C18H17N3O/c1-12-11-21-16(3-2-4-17(21)20-12)14-7-5-13(6-8-14)15-9-18(22)19-10-15/h2-8,11,15H,9-10H2,1H3,(H,19,22). The van der Waals surface area contributed by atoms with Crippen LogP contribution in [0.3, 0.4) is 0 Å². The molecule has 2 aromatic heterocycles. The van der Waals surface area contributed by atoms with Crippen molar-refractivity contribution in [3.05, 3.63) is 59.9 Å². The van der Waals surface area contributed by atoms with Crippen LogP contribution in [0.4, 0.5) is 0 Å². The van der Waals surface area contributed by atoms with Crippen molar-refractivity contribution in [2.45, 2.75) is 19.3 Å². The first-order valence-electron chi connectivity index (χ1n) is 7.52. The first kappa shape index (κ1) is 13.1. The van der Waals surface area contributed by atoms with Crippen LogP contribution in [0.2, 0.25) is 0 Å². The van der Waals surface area contributed by atoms with Gasteiger partial charge in [-0.15, -0.1) is 0 Å². The highest BCUT2D eigenvalue weighted by atomic mass is 16.1. The second-order valence-electron chi connectivity index (χ2n) is 5.85. The van der Waals surface area contributed by atoms with Crippen molar-refractivity contribution in [3.8, 4) is 11.3 Å². The summed E-state index contributed by atoms with van der Waals surface area (Å²) in [4.78, 5) is 15.8. The van der Waals surface area contributed by atoms with E-state index in [2.05, 4.69) is 51.2 Å². The molecule has 1 N–H and O–H groups in total. The van der Waals surface area contributed by atoms with Gasteiger partial charge < -0.3 is 5.32 Å². The number of pyridine rings is 1. The van der Waals surface area contributed by atoms with E-state index in [1.807, 2.05) is 19.1 Å². The van der Waals surface area contributed by atoms with Crippen molar-refractivity contribution in [2.75, 3.05) is 6.54 Å². The molecule has 0 aliphatic carbocycles. The van der Waals surface area contributed by atoms with E-state index in [1.165, 1.54) is 5.56 Å². The maximum absolute atomic E-state index is 11.3. The Morgan fingerprint density at radius 3 is 2.73 bits per heavy atom. The van der Waals surface area contributed by atoms with Gasteiger partial charge in [-0.05, 0) is 30.2 Å². The SMILES string of the molecule is Cc1cn2c(-c3ccc(C4CNC(=O)C4)cc3)cccc2n1. The molecule has 1 atom stereocenters. The van der Waals surface area contributed by atoms with Gasteiger partial charge in [0.15, 0.2) is 0 Å². The Kier molecular flexibility index (Phi) is 2.96. The zero-order valence-corrected chi connectivity index (χ0v) is 12.4. The van der Waals surface area contributed by atoms with Gasteiger partial charge in [-0.1, -0.05) is 30.3 Å². The van der Waals surface area contributed by atoms with Crippen LogP contribution in [-0.4, -0.2) is 21.8 Å². The maximum atomic E-state index is 11.3. The van der Waals surface area contributed by atoms with Crippen molar-refractivity contribution in [3.63, 3.8) is 0 Å². The number of hydrogen-bond donors (Lipinski definition) is 1. The van der Waals surface area contributed by atoms with Crippen molar-refractivity contribution < 1.29 is 4.79 Å². The Bertz CT molecular complexity index is 848. The van der Waals surface area contributed by atoms with Crippen LogP contribution in [-0.2, 0) is 4.79 Å². The average Bonchev–Trinajstić information content (AvgIpc) is 3.12. The smallest absolute Gasteiger partial charge is 0.220 e. The van der Waals surface area contributed by atoms with Crippen LogP contribution in [0, 0.1) is 6.92 Å². The molecule has 0 radical (unpaired) electrons. The molecular weight excluding hydrogens is 274 g/mol. The van der Waals surface area contributed by atoms with Gasteiger partial charge in [-0.2, -0.15) is 0 Å². The summed E-state index contributed by atoms with van der Waals surface area (Å²) < 4.78 is 2.12. The number of aromatic nitrogens is 2. The maximum Gasteiger partial charge on any atom is 0.220 e. The summed E-state index contributed by atoms with van der Waals surface area (Å²) in [6, 6.07) is 14.7. The van der Waals surface area contributed by atoms with E-state index < -0.39 is 0 Å². The number of carbonyl (C=O) groups is 1. The number of fused-ring (bicyclic) bond motifs is 1. The Hall–Kier alpha value is -2.62. The minimum atomic E-state index is 0.146. The number of imidazole rings is 1. The van der Waals surface area contributed by atoms with Crippen molar-refractivity contribution in [2.24, 2.45) is 0 Å². The normalized spacial score (nSPS) is 17.9. The summed E-state index contributed by atoms with van der Waals surface area (Å²) in [6.07, 6.45) is 2.65. The van der Waals surface area contributed by atoms with Gasteiger partial charge in [0.2, 0.25) is 5.91 Å². The molecule has 1 fully saturated rings. The van der Waals surface area contributed by atoms with Crippen molar-refractivity contribution in [1.29, 1.82) is 0 Å². The molecule has 3 aromatic rings. The molecule has 1 aliphatic rings. The third kappa shape index (κ3) is 2.17. The Morgan fingerprint density at radius 1 is 1.18 bits per heavy atom. The van der Waals surface area contributed by atoms with Crippen LogP contribution in [0.1, 0.15) is 23.6 Å². The molecule has 4 heteroatoms. The van der Waals surface area contributed by atoms with Gasteiger partial charge in [0.1, 0.15) is 5.65 Å². The average molecular weight is 291 g/mol. The van der Waals surface area contributed by atoms with Crippen LogP contribution < -0.4 is 5.32 Å². The number of nitrogens with zero attached hydrogens (tertiary/aromatic N) is 2. The third-order valence-electron chi connectivity index (χ3n) is 4.27. The Morgan fingerprint density at radius 2 is 2.00 bits per heavy atom. The zero-order valence-electron chi connectivity index (χ0n) is 12.4. The number of carbonyl (C=O) groups excluding carboxylic acids is 1. The van der Waals surface area contributed by atoms with Gasteiger partial charge in [0.25, 0.3) is 0 Å². The number of rotatable bonds is 2. The van der Waals surface area contributed by atoms with E-state index in [-0.39, 0.29) is 5.91 Å². The second-order valence-corrected chi connectivity index (χ2v) is 5.85. The largest absolute Gasteiger partial charge is 0.355 e. The molecule has 3 heterocycles. The molecule has 0 bridgehead atoms. The first-order chi connectivity index (χ1) is 10.7. The third-order valence-corrected chi connectivity index (χ3v) is 4.27. The fraction of sp³-hybridized carbons (Fsp3) is 0.222. The molecule has 1 amide bonds. The molecule has 1 unspecified atom stereocenters. The van der Waals surface area contributed by atoms with Crippen molar-refractivity contribution >= 4 is 11.6 Å². The summed E-state index contributed by atoms with van der Waals surface area (Å²) in [6.45, 7) is 2.75. The lowest BCUT2D eigenvalue weighted by Crippen LogP contribution is -2.13. The molecule has 4 rings (SSSR count). The molecule has 1 aromatic carbocycles. The lowest BCUT2D eigenvalue weighted by molar-refractivity contribution is -0.119. The number of aryl methyl sites for hydroxylation is 1. The van der Waals surface area contributed by atoms with Crippen LogP contribution in [0.5, 0.6) is 0 Å². The first-order valence-corrected chi connectivity index (χ1v) is 7.52. The fourth-order valence-corrected chi connectivity index (χ4v) is 3.13. The van der Waals surface area contributed by atoms with E-state index in [9.17, 15) is 4.79 Å². The van der Waals surface area contributed by atoms with Gasteiger partial charge in [-0.3, -0.25) is 9.20 Å². The highest BCUT2D eigenvalue weighted by Gasteiger charge is 2.22. The quantitative estimate of drug-likeness (QED) is 0.789. The van der Waals surface area contributed by atoms with Crippen LogP contribution in [0.15, 0.2) is 48.7 Å². The summed E-state index contributed by atoms with van der Waals surface area (Å²) in [5, 5.41) is 2.89. The van der Waals surface area contributed by atoms with Crippen LogP contribution in [0.25, 0.3) is 16.9 Å². The molecule has 1 saturated heterocycles. The Labute approximate surface area is 128 Å². The predicted octanol–water partition coefficient (Wildman–Crippen LogP) is 2.91. The van der Waals surface area contributed by atoms with E-state index >= 15 is 0 Å². The molecule has 0 saturated carbocycles. The Balaban J connectivity index is 1.71. The van der Waals surface area contributed by atoms with E-state index in [0.29, 0.717) is 12.3 Å². The van der Waals surface area contributed by atoms with E-state index in [4.69, 9.17) is 0 Å². The van der Waals surface area contributed by atoms with Crippen molar-refractivity contribution in [1.82, 2.24) is 14.7 Å². The zero-order chi connectivity index (χ0) is 15.1.